The molecule has 17 heavy (non-hydrogen) atoms. The molecular weight excluding hydrogens is 246 g/mol. The van der Waals surface area contributed by atoms with Gasteiger partial charge in [0.05, 0.1) is 4.92 Å². The van der Waals surface area contributed by atoms with Gasteiger partial charge in [0.25, 0.3) is 5.69 Å². The lowest BCUT2D eigenvalue weighted by atomic mass is 10.3. The van der Waals surface area contributed by atoms with E-state index in [1.54, 1.807) is 0 Å². The molecule has 0 aromatic heterocycles. The van der Waals surface area contributed by atoms with Gasteiger partial charge in [-0.05, 0) is 12.1 Å². The van der Waals surface area contributed by atoms with Crippen LogP contribution in [0, 0.1) is 32.8 Å². The second-order valence-electron chi connectivity index (χ2n) is 2.71. The molecule has 0 bridgehead atoms. The first-order valence-corrected chi connectivity index (χ1v) is 4.54. The molecule has 1 aromatic rings. The quantitative estimate of drug-likeness (QED) is 0.500. The van der Waals surface area contributed by atoms with Gasteiger partial charge in [0.2, 0.25) is 5.71 Å². The summed E-state index contributed by atoms with van der Waals surface area (Å²) < 4.78 is 0. The summed E-state index contributed by atoms with van der Waals surface area (Å²) in [6.07, 6.45) is 0. The zero-order valence-corrected chi connectivity index (χ0v) is 8.97. The van der Waals surface area contributed by atoms with E-state index in [0.29, 0.717) is 0 Å². The minimum Gasteiger partial charge on any atom is -0.270 e. The van der Waals surface area contributed by atoms with Gasteiger partial charge in [-0.15, -0.1) is 0 Å². The summed E-state index contributed by atoms with van der Waals surface area (Å²) >= 11 is 5.66. The van der Waals surface area contributed by atoms with Crippen molar-refractivity contribution in [3.8, 4) is 12.1 Å². The van der Waals surface area contributed by atoms with Gasteiger partial charge in [0.15, 0.2) is 0 Å². The third-order valence-electron chi connectivity index (χ3n) is 1.66. The molecule has 0 aliphatic heterocycles. The topological polar surface area (TPSA) is 115 Å². The Hall–Kier alpha value is -2.64. The predicted octanol–water partition coefficient (Wildman–Crippen LogP) is 2.06. The first-order valence-electron chi connectivity index (χ1n) is 4.16. The number of nitrogens with zero attached hydrogens (tertiary/aromatic N) is 4. The van der Waals surface area contributed by atoms with E-state index in [9.17, 15) is 10.1 Å². The van der Waals surface area contributed by atoms with E-state index in [2.05, 4.69) is 10.5 Å². The summed E-state index contributed by atoms with van der Waals surface area (Å²) in [6, 6.07) is 6.84. The van der Waals surface area contributed by atoms with Crippen LogP contribution in [-0.2, 0) is 0 Å². The van der Waals surface area contributed by atoms with Gasteiger partial charge in [-0.25, -0.2) is 0 Å². The number of nitro groups is 1. The number of halogens is 1. The lowest BCUT2D eigenvalue weighted by Gasteiger charge is -2.01. The third kappa shape index (κ3) is 3.16. The summed E-state index contributed by atoms with van der Waals surface area (Å²) in [7, 11) is 0. The van der Waals surface area contributed by atoms with Crippen molar-refractivity contribution in [2.24, 2.45) is 5.10 Å². The standard InChI is InChI=1S/C9H4ClN5O2/c10-6-1-2-9(15(16)17)8(3-6)14-13-7(4-11)5-12/h1-3,14H. The van der Waals surface area contributed by atoms with Gasteiger partial charge in [-0.1, -0.05) is 11.6 Å². The van der Waals surface area contributed by atoms with Gasteiger partial charge in [-0.2, -0.15) is 15.6 Å². The molecule has 7 nitrogen and oxygen atoms in total. The maximum atomic E-state index is 10.7. The van der Waals surface area contributed by atoms with Crippen molar-refractivity contribution in [1.82, 2.24) is 0 Å². The molecule has 0 spiro atoms. The SMILES string of the molecule is N#CC(C#N)=NNc1cc(Cl)ccc1[N+](=O)[O-]. The Morgan fingerprint density at radius 3 is 2.65 bits per heavy atom. The minimum absolute atomic E-state index is 0.00509. The second kappa shape index (κ2) is 5.45. The highest BCUT2D eigenvalue weighted by Gasteiger charge is 2.13. The molecular formula is C9H4ClN5O2. The number of nitriles is 2. The Kier molecular flexibility index (Phi) is 3.98. The van der Waals surface area contributed by atoms with Crippen molar-refractivity contribution >= 4 is 28.7 Å². The van der Waals surface area contributed by atoms with Crippen LogP contribution in [0.3, 0.4) is 0 Å². The van der Waals surface area contributed by atoms with Crippen molar-refractivity contribution in [2.75, 3.05) is 5.43 Å². The Bertz CT molecular complexity index is 554. The molecule has 1 N–H and O–H groups in total. The van der Waals surface area contributed by atoms with Crippen LogP contribution >= 0.6 is 11.6 Å². The van der Waals surface area contributed by atoms with Gasteiger partial charge in [0.1, 0.15) is 17.8 Å². The van der Waals surface area contributed by atoms with Crippen molar-refractivity contribution in [3.63, 3.8) is 0 Å². The number of nitrogens with one attached hydrogen (secondary N) is 1. The van der Waals surface area contributed by atoms with E-state index < -0.39 is 10.6 Å². The van der Waals surface area contributed by atoms with Gasteiger partial charge in [-0.3, -0.25) is 15.5 Å². The first kappa shape index (κ1) is 12.4. The average molecular weight is 250 g/mol. The van der Waals surface area contributed by atoms with Crippen LogP contribution in [-0.4, -0.2) is 10.6 Å². The smallest absolute Gasteiger partial charge is 0.270 e. The van der Waals surface area contributed by atoms with E-state index in [4.69, 9.17) is 22.1 Å². The molecule has 1 rings (SSSR count). The zero-order valence-electron chi connectivity index (χ0n) is 8.22. The molecule has 84 valence electrons. The Labute approximate surface area is 101 Å². The Balaban J connectivity index is 3.11. The fourth-order valence-electron chi connectivity index (χ4n) is 0.948. The highest BCUT2D eigenvalue weighted by molar-refractivity contribution is 6.31. The number of hydrogen-bond acceptors (Lipinski definition) is 6. The van der Waals surface area contributed by atoms with Gasteiger partial charge < -0.3 is 0 Å². The number of hydrogen-bond donors (Lipinski definition) is 1. The molecule has 8 heteroatoms. The molecule has 0 saturated carbocycles. The number of benzene rings is 1. The summed E-state index contributed by atoms with van der Waals surface area (Å²) in [6.45, 7) is 0. The summed E-state index contributed by atoms with van der Waals surface area (Å²) in [5.41, 5.74) is 1.56. The first-order chi connectivity index (χ1) is 8.08. The van der Waals surface area contributed by atoms with E-state index in [1.165, 1.54) is 30.3 Å². The largest absolute Gasteiger partial charge is 0.294 e. The highest BCUT2D eigenvalue weighted by atomic mass is 35.5. The van der Waals surface area contributed by atoms with Gasteiger partial charge >= 0.3 is 0 Å². The van der Waals surface area contributed by atoms with E-state index in [0.717, 1.165) is 0 Å². The van der Waals surface area contributed by atoms with Crippen molar-refractivity contribution in [3.05, 3.63) is 33.3 Å². The molecule has 0 heterocycles. The van der Waals surface area contributed by atoms with Crippen LogP contribution in [0.2, 0.25) is 5.02 Å². The van der Waals surface area contributed by atoms with Crippen molar-refractivity contribution in [1.29, 1.82) is 10.5 Å². The maximum Gasteiger partial charge on any atom is 0.294 e. The fraction of sp³-hybridized carbons (Fsp3) is 0. The molecule has 0 aliphatic carbocycles. The number of nitro benzene ring substituents is 1. The maximum absolute atomic E-state index is 10.7. The summed E-state index contributed by atoms with van der Waals surface area (Å²) in [4.78, 5) is 10.0. The average Bonchev–Trinajstić information content (AvgIpc) is 2.30. The molecule has 0 unspecified atom stereocenters. The Morgan fingerprint density at radius 2 is 2.12 bits per heavy atom. The van der Waals surface area contributed by atoms with Crippen LogP contribution < -0.4 is 5.43 Å². The number of anilines is 1. The molecule has 0 aliphatic rings. The second-order valence-corrected chi connectivity index (χ2v) is 3.15. The van der Waals surface area contributed by atoms with Crippen LogP contribution in [0.5, 0.6) is 0 Å². The van der Waals surface area contributed by atoms with Crippen molar-refractivity contribution in [2.45, 2.75) is 0 Å². The number of rotatable bonds is 3. The number of hydrazone groups is 1. The molecule has 0 radical (unpaired) electrons. The Morgan fingerprint density at radius 1 is 1.47 bits per heavy atom. The highest BCUT2D eigenvalue weighted by Crippen LogP contribution is 2.27. The monoisotopic (exact) mass is 249 g/mol. The van der Waals surface area contributed by atoms with Crippen LogP contribution in [0.4, 0.5) is 11.4 Å². The lowest BCUT2D eigenvalue weighted by molar-refractivity contribution is -0.384. The van der Waals surface area contributed by atoms with E-state index >= 15 is 0 Å². The van der Waals surface area contributed by atoms with E-state index in [1.807, 2.05) is 0 Å². The van der Waals surface area contributed by atoms with Crippen LogP contribution in [0.1, 0.15) is 0 Å². The lowest BCUT2D eigenvalue weighted by Crippen LogP contribution is -1.99. The van der Waals surface area contributed by atoms with Crippen molar-refractivity contribution < 1.29 is 4.92 Å². The molecule has 0 fully saturated rings. The van der Waals surface area contributed by atoms with E-state index in [-0.39, 0.29) is 16.4 Å². The third-order valence-corrected chi connectivity index (χ3v) is 1.89. The molecule has 1 aromatic carbocycles. The normalized spacial score (nSPS) is 8.65. The predicted molar refractivity (Wildman–Crippen MR) is 60.4 cm³/mol. The summed E-state index contributed by atoms with van der Waals surface area (Å²) in [5, 5.41) is 31.2. The molecule has 0 atom stereocenters. The summed E-state index contributed by atoms with van der Waals surface area (Å²) in [5.74, 6) is 0. The molecule has 0 amide bonds. The minimum atomic E-state index is -0.632. The van der Waals surface area contributed by atoms with Gasteiger partial charge in [0, 0.05) is 11.1 Å². The van der Waals surface area contributed by atoms with Crippen LogP contribution in [0.25, 0.3) is 0 Å². The van der Waals surface area contributed by atoms with Crippen LogP contribution in [0.15, 0.2) is 23.3 Å². The fourth-order valence-corrected chi connectivity index (χ4v) is 1.12. The zero-order chi connectivity index (χ0) is 12.8. The molecule has 0 saturated heterocycles.